The minimum atomic E-state index is -0.525. The van der Waals surface area contributed by atoms with E-state index in [4.69, 9.17) is 4.74 Å². The maximum absolute atomic E-state index is 11.9. The molecule has 4 atom stereocenters. The normalized spacial score (nSPS) is 28.8. The number of hydrogen-bond acceptors (Lipinski definition) is 4. The number of rotatable bonds is 10. The fourth-order valence-electron chi connectivity index (χ4n) is 4.15. The van der Waals surface area contributed by atoms with Crippen molar-refractivity contribution in [2.45, 2.75) is 71.5 Å². The van der Waals surface area contributed by atoms with E-state index in [-0.39, 0.29) is 5.91 Å². The van der Waals surface area contributed by atoms with E-state index in [0.29, 0.717) is 29.1 Å². The Labute approximate surface area is 157 Å². The van der Waals surface area contributed by atoms with Crippen LogP contribution in [0.25, 0.3) is 0 Å². The molecule has 0 aromatic heterocycles. The van der Waals surface area contributed by atoms with Crippen molar-refractivity contribution in [3.8, 4) is 0 Å². The molecule has 0 aliphatic carbocycles. The monoisotopic (exact) mass is 369 g/mol. The molecule has 0 aromatic rings. The Morgan fingerprint density at radius 3 is 2.60 bits per heavy atom. The Morgan fingerprint density at radius 2 is 1.96 bits per heavy atom. The number of hydroxylamine groups is 2. The second kappa shape index (κ2) is 9.43. The molecule has 5 heteroatoms. The number of carbonyl (C=O) groups excluding carboxylic acids is 1. The van der Waals surface area contributed by atoms with Crippen molar-refractivity contribution in [3.63, 3.8) is 0 Å². The third-order valence-corrected chi connectivity index (χ3v) is 6.95. The molecule has 0 saturated carbocycles. The summed E-state index contributed by atoms with van der Waals surface area (Å²) >= 11 is 2.08. The van der Waals surface area contributed by atoms with Gasteiger partial charge in [-0.25, -0.2) is 5.06 Å². The van der Waals surface area contributed by atoms with E-state index in [1.807, 2.05) is 13.8 Å². The van der Waals surface area contributed by atoms with Gasteiger partial charge in [0, 0.05) is 12.5 Å². The molecule has 1 N–H and O–H groups in total. The third kappa shape index (κ3) is 5.48. The summed E-state index contributed by atoms with van der Waals surface area (Å²) in [5.41, 5.74) is -0.525. The second-order valence-electron chi connectivity index (χ2n) is 8.15. The Kier molecular flexibility index (Phi) is 7.84. The Morgan fingerprint density at radius 1 is 1.28 bits per heavy atom. The molecule has 2 aliphatic rings. The van der Waals surface area contributed by atoms with Crippen LogP contribution in [0.1, 0.15) is 59.3 Å². The van der Waals surface area contributed by atoms with Crippen LogP contribution in [-0.2, 0) is 9.53 Å². The van der Waals surface area contributed by atoms with Gasteiger partial charge in [0.1, 0.15) is 0 Å². The van der Waals surface area contributed by atoms with Gasteiger partial charge in [-0.05, 0) is 61.9 Å². The zero-order chi connectivity index (χ0) is 18.4. The number of carbonyl (C=O) groups is 1. The molecule has 2 bridgehead atoms. The molecule has 2 saturated heterocycles. The Balaban J connectivity index is 1.77. The zero-order valence-electron chi connectivity index (χ0n) is 16.2. The molecule has 2 aliphatic heterocycles. The maximum Gasteiger partial charge on any atom is 0.251 e. The predicted octanol–water partition coefficient (Wildman–Crippen LogP) is 4.52. The topological polar surface area (TPSA) is 49.8 Å². The molecule has 2 heterocycles. The first-order valence-corrected chi connectivity index (χ1v) is 10.9. The lowest BCUT2D eigenvalue weighted by atomic mass is 9.78. The number of ether oxygens (including phenoxy) is 1. The van der Waals surface area contributed by atoms with Crippen LogP contribution in [0.3, 0.4) is 0 Å². The smallest absolute Gasteiger partial charge is 0.251 e. The highest BCUT2D eigenvalue weighted by atomic mass is 32.2. The fourth-order valence-corrected chi connectivity index (χ4v) is 5.34. The summed E-state index contributed by atoms with van der Waals surface area (Å²) in [7, 11) is 1.39. The van der Waals surface area contributed by atoms with Gasteiger partial charge in [0.05, 0.1) is 12.2 Å². The first-order chi connectivity index (χ1) is 11.9. The van der Waals surface area contributed by atoms with Gasteiger partial charge in [0.2, 0.25) is 0 Å². The summed E-state index contributed by atoms with van der Waals surface area (Å²) in [6.45, 7) is 6.02. The third-order valence-electron chi connectivity index (χ3n) is 5.63. The highest BCUT2D eigenvalue weighted by molar-refractivity contribution is 7.99. The number of amides is 1. The van der Waals surface area contributed by atoms with Crippen LogP contribution in [0.5, 0.6) is 0 Å². The predicted molar refractivity (Wildman–Crippen MR) is 104 cm³/mol. The lowest BCUT2D eigenvalue weighted by molar-refractivity contribution is -0.169. The highest BCUT2D eigenvalue weighted by Crippen LogP contribution is 2.46. The van der Waals surface area contributed by atoms with E-state index in [9.17, 15) is 10.0 Å². The van der Waals surface area contributed by atoms with Gasteiger partial charge >= 0.3 is 0 Å². The Hall–Kier alpha value is -0.520. The molecular weight excluding hydrogens is 334 g/mol. The molecule has 0 aromatic carbocycles. The largest absolute Gasteiger partial charge is 0.374 e. The van der Waals surface area contributed by atoms with E-state index in [1.54, 1.807) is 0 Å². The number of fused-ring (bicyclic) bond motifs is 2. The Bertz CT molecular complexity index is 464. The van der Waals surface area contributed by atoms with E-state index in [2.05, 4.69) is 30.8 Å². The van der Waals surface area contributed by atoms with Crippen LogP contribution >= 0.6 is 11.8 Å². The van der Waals surface area contributed by atoms with Crippen molar-refractivity contribution in [2.24, 2.45) is 17.3 Å². The van der Waals surface area contributed by atoms with E-state index in [1.165, 1.54) is 37.8 Å². The van der Waals surface area contributed by atoms with Crippen molar-refractivity contribution in [2.75, 3.05) is 18.6 Å². The lowest BCUT2D eigenvalue weighted by Crippen LogP contribution is -2.36. The number of hydrogen-bond donors (Lipinski definition) is 1. The summed E-state index contributed by atoms with van der Waals surface area (Å²) in [5, 5.41) is 10.0. The van der Waals surface area contributed by atoms with Crippen LogP contribution in [0.2, 0.25) is 0 Å². The maximum atomic E-state index is 11.9. The van der Waals surface area contributed by atoms with Gasteiger partial charge in [0.25, 0.3) is 5.91 Å². The molecule has 1 amide bonds. The second-order valence-corrected chi connectivity index (χ2v) is 9.30. The number of allylic oxidation sites excluding steroid dienone is 2. The summed E-state index contributed by atoms with van der Waals surface area (Å²) in [4.78, 5) is 11.9. The highest BCUT2D eigenvalue weighted by Gasteiger charge is 2.47. The quantitative estimate of drug-likeness (QED) is 0.266. The van der Waals surface area contributed by atoms with Crippen LogP contribution in [0.4, 0.5) is 0 Å². The SMILES string of the molecule is CCCSC[C@@H]1[C@H](C/C=C\CCC(C)(C)C(=O)N(C)O)[C@@H]2CC[C@H]1O2. The first kappa shape index (κ1) is 20.8. The molecule has 0 spiro atoms. The summed E-state index contributed by atoms with van der Waals surface area (Å²) < 4.78 is 6.17. The molecule has 2 fully saturated rings. The van der Waals surface area contributed by atoms with Gasteiger partial charge in [-0.1, -0.05) is 32.9 Å². The summed E-state index contributed by atoms with van der Waals surface area (Å²) in [6.07, 6.45) is 11.9. The van der Waals surface area contributed by atoms with E-state index in [0.717, 1.165) is 19.3 Å². The van der Waals surface area contributed by atoms with Crippen LogP contribution < -0.4 is 0 Å². The van der Waals surface area contributed by atoms with Gasteiger partial charge < -0.3 is 4.74 Å². The van der Waals surface area contributed by atoms with Crippen molar-refractivity contribution in [1.82, 2.24) is 5.06 Å². The van der Waals surface area contributed by atoms with Crippen LogP contribution in [-0.4, -0.2) is 46.9 Å². The fraction of sp³-hybridized carbons (Fsp3) is 0.850. The zero-order valence-corrected chi connectivity index (χ0v) is 17.1. The van der Waals surface area contributed by atoms with Crippen molar-refractivity contribution in [1.29, 1.82) is 0 Å². The first-order valence-electron chi connectivity index (χ1n) is 9.72. The standard InChI is InChI=1S/C20H35NO3S/c1-5-13-25-14-16-15(17-10-11-18(16)24-17)9-7-6-8-12-20(2,3)19(22)21(4)23/h6-7,15-18,23H,5,8-14H2,1-4H3/b7-6-/t15-,16+,17-,18+/m0/s1. The van der Waals surface area contributed by atoms with E-state index >= 15 is 0 Å². The summed E-state index contributed by atoms with van der Waals surface area (Å²) in [6, 6.07) is 0. The van der Waals surface area contributed by atoms with Gasteiger partial charge in [0.15, 0.2) is 0 Å². The van der Waals surface area contributed by atoms with Crippen molar-refractivity contribution in [3.05, 3.63) is 12.2 Å². The minimum absolute atomic E-state index is 0.226. The average Bonchev–Trinajstić information content (AvgIpc) is 3.16. The van der Waals surface area contributed by atoms with Crippen molar-refractivity contribution >= 4 is 17.7 Å². The molecule has 144 valence electrons. The van der Waals surface area contributed by atoms with E-state index < -0.39 is 5.41 Å². The minimum Gasteiger partial charge on any atom is -0.374 e. The van der Waals surface area contributed by atoms with Gasteiger partial charge in [-0.2, -0.15) is 11.8 Å². The number of nitrogens with zero attached hydrogens (tertiary/aromatic N) is 1. The van der Waals surface area contributed by atoms with Crippen LogP contribution in [0, 0.1) is 17.3 Å². The summed E-state index contributed by atoms with van der Waals surface area (Å²) in [5.74, 6) is 3.63. The molecule has 25 heavy (non-hydrogen) atoms. The van der Waals surface area contributed by atoms with Gasteiger partial charge in [-0.15, -0.1) is 0 Å². The lowest BCUT2D eigenvalue weighted by Gasteiger charge is -2.27. The molecule has 0 unspecified atom stereocenters. The average molecular weight is 370 g/mol. The van der Waals surface area contributed by atoms with Crippen molar-refractivity contribution < 1.29 is 14.7 Å². The molecular formula is C20H35NO3S. The van der Waals surface area contributed by atoms with Gasteiger partial charge in [-0.3, -0.25) is 10.0 Å². The molecule has 0 radical (unpaired) electrons. The number of thioether (sulfide) groups is 1. The molecule has 2 rings (SSSR count). The molecule has 4 nitrogen and oxygen atoms in total. The van der Waals surface area contributed by atoms with Crippen LogP contribution in [0.15, 0.2) is 12.2 Å².